The molecule has 2 aliphatic rings. The SMILES string of the molecule is CC(C)(C)c1ccnc(N2c3[c-]c(Oc4[c-]c(N5[CH-]N(c6c(-c7ccccc7)cccc6-c6ccccc6)c6ccc(C(C)(C)C)cc65)ccc4)ccc3[Te]c3ccccc32)c1.[Pt]. The van der Waals surface area contributed by atoms with Gasteiger partial charge in [0.25, 0.3) is 0 Å². The number of anilines is 7. The van der Waals surface area contributed by atoms with Gasteiger partial charge in [-0.05, 0) is 16.5 Å². The minimum absolute atomic E-state index is 0. The molecule has 0 amide bonds. The molecule has 0 atom stereocenters. The first-order valence-corrected chi connectivity index (χ1v) is 23.4. The molecule has 7 heteroatoms. The molecule has 10 rings (SSSR count). The predicted octanol–water partition coefficient (Wildman–Crippen LogP) is 13.2. The molecule has 0 fully saturated rings. The number of benzene rings is 7. The van der Waals surface area contributed by atoms with Gasteiger partial charge in [0, 0.05) is 32.2 Å². The van der Waals surface area contributed by atoms with Crippen molar-refractivity contribution < 1.29 is 25.8 Å². The molecule has 0 saturated heterocycles. The zero-order chi connectivity index (χ0) is 42.6. The Morgan fingerprint density at radius 1 is 0.540 bits per heavy atom. The van der Waals surface area contributed by atoms with E-state index in [0.29, 0.717) is 11.5 Å². The van der Waals surface area contributed by atoms with E-state index in [1.54, 1.807) is 0 Å². The molecule has 7 aromatic carbocycles. The molecular formula is C56H47N4OPtTe-3. The normalized spacial score (nSPS) is 13.2. The Balaban J connectivity index is 0.00000504. The summed E-state index contributed by atoms with van der Waals surface area (Å²) < 4.78 is 9.40. The summed E-state index contributed by atoms with van der Waals surface area (Å²) in [4.78, 5) is 11.8. The number of hydrogen-bond donors (Lipinski definition) is 0. The van der Waals surface area contributed by atoms with Crippen LogP contribution >= 0.6 is 0 Å². The van der Waals surface area contributed by atoms with Gasteiger partial charge in [0.15, 0.2) is 0 Å². The van der Waals surface area contributed by atoms with Crippen molar-refractivity contribution in [2.75, 3.05) is 14.7 Å². The number of ether oxygens (including phenoxy) is 1. The van der Waals surface area contributed by atoms with Gasteiger partial charge in [-0.15, -0.1) is 0 Å². The molecular weight excluding hydrogens is 1070 g/mol. The third kappa shape index (κ3) is 8.34. The third-order valence-electron chi connectivity index (χ3n) is 11.5. The number of para-hydroxylation sites is 2. The molecule has 0 radical (unpaired) electrons. The fraction of sp³-hybridized carbons (Fsp3) is 0.143. The third-order valence-corrected chi connectivity index (χ3v) is 14.7. The van der Waals surface area contributed by atoms with E-state index in [1.165, 1.54) is 18.3 Å². The van der Waals surface area contributed by atoms with Crippen LogP contribution in [0.1, 0.15) is 52.7 Å². The summed E-state index contributed by atoms with van der Waals surface area (Å²) in [6, 6.07) is 65.7. The van der Waals surface area contributed by atoms with Gasteiger partial charge < -0.3 is 0 Å². The van der Waals surface area contributed by atoms with Crippen LogP contribution in [0.3, 0.4) is 0 Å². The second-order valence-corrected chi connectivity index (χ2v) is 20.9. The van der Waals surface area contributed by atoms with Crippen molar-refractivity contribution in [2.45, 2.75) is 52.4 Å². The van der Waals surface area contributed by atoms with Crippen molar-refractivity contribution >= 4 is 68.1 Å². The molecule has 63 heavy (non-hydrogen) atoms. The van der Waals surface area contributed by atoms with Crippen LogP contribution in [-0.2, 0) is 31.9 Å². The van der Waals surface area contributed by atoms with Crippen molar-refractivity contribution in [1.29, 1.82) is 0 Å². The van der Waals surface area contributed by atoms with Gasteiger partial charge in [-0.2, -0.15) is 0 Å². The standard InChI is InChI=1S/C56H47N4OTe.Pt/c1-55(2,3)40-27-29-47-49(33-40)58(37-59(47)54-45(38-17-9-7-10-18-38)23-16-24-46(54)39-19-11-8-12-20-39)42-21-15-22-43(35-42)61-44-28-30-52-50(36-44)60(48-25-13-14-26-51(48)62-52)53-34-41(31-32-57-53)56(4,5)6;/h7-34,37H,1-6H3;/q-3;. The largest absolute Gasteiger partial charge is 0 e. The second kappa shape index (κ2) is 17.2. The summed E-state index contributed by atoms with van der Waals surface area (Å²) in [5.41, 5.74) is 13.4. The van der Waals surface area contributed by atoms with Gasteiger partial charge in [0.1, 0.15) is 0 Å². The second-order valence-electron chi connectivity index (χ2n) is 17.8. The van der Waals surface area contributed by atoms with Gasteiger partial charge in [-0.3, -0.25) is 0 Å². The number of pyridine rings is 1. The van der Waals surface area contributed by atoms with Gasteiger partial charge in [0.05, 0.1) is 0 Å². The quantitative estimate of drug-likeness (QED) is 0.117. The smallest absolute Gasteiger partial charge is 0 e. The van der Waals surface area contributed by atoms with E-state index < -0.39 is 20.9 Å². The molecule has 0 unspecified atom stereocenters. The van der Waals surface area contributed by atoms with Crippen LogP contribution in [0.2, 0.25) is 0 Å². The monoisotopic (exact) mass is 1120 g/mol. The predicted molar refractivity (Wildman–Crippen MR) is 258 cm³/mol. The molecule has 0 N–H and O–H groups in total. The molecule has 316 valence electrons. The van der Waals surface area contributed by atoms with Crippen LogP contribution in [0.5, 0.6) is 11.5 Å². The van der Waals surface area contributed by atoms with Crippen LogP contribution in [0.4, 0.5) is 39.9 Å². The molecule has 0 spiro atoms. The zero-order valence-electron chi connectivity index (χ0n) is 36.2. The van der Waals surface area contributed by atoms with E-state index in [2.05, 4.69) is 227 Å². The minimum atomic E-state index is -0.661. The molecule has 2 aliphatic heterocycles. The number of aromatic nitrogens is 1. The summed E-state index contributed by atoms with van der Waals surface area (Å²) in [7, 11) is 0. The topological polar surface area (TPSA) is 31.8 Å². The summed E-state index contributed by atoms with van der Waals surface area (Å²) in [5, 5.41) is 0. The number of hydrogen-bond acceptors (Lipinski definition) is 5. The average Bonchev–Trinajstić information content (AvgIpc) is 3.67. The Morgan fingerprint density at radius 3 is 1.87 bits per heavy atom. The zero-order valence-corrected chi connectivity index (χ0v) is 40.8. The molecule has 0 saturated carbocycles. The van der Waals surface area contributed by atoms with Crippen LogP contribution in [0.25, 0.3) is 22.3 Å². The fourth-order valence-corrected chi connectivity index (χ4v) is 11.1. The van der Waals surface area contributed by atoms with Gasteiger partial charge in [0.2, 0.25) is 0 Å². The van der Waals surface area contributed by atoms with E-state index in [4.69, 9.17) is 9.72 Å². The van der Waals surface area contributed by atoms with Crippen molar-refractivity contribution in [3.8, 4) is 33.8 Å². The van der Waals surface area contributed by atoms with Gasteiger partial charge in [-0.1, -0.05) is 106 Å². The summed E-state index contributed by atoms with van der Waals surface area (Å²) in [5.74, 6) is 2.13. The summed E-state index contributed by atoms with van der Waals surface area (Å²) >= 11 is -0.661. The number of nitrogens with zero attached hydrogens (tertiary/aromatic N) is 4. The summed E-state index contributed by atoms with van der Waals surface area (Å²) in [6.07, 6.45) is 1.92. The van der Waals surface area contributed by atoms with Crippen molar-refractivity contribution in [2.24, 2.45) is 0 Å². The van der Waals surface area contributed by atoms with Gasteiger partial charge >= 0.3 is 245 Å². The maximum absolute atomic E-state index is 6.73. The number of fused-ring (bicyclic) bond motifs is 3. The van der Waals surface area contributed by atoms with E-state index >= 15 is 0 Å². The van der Waals surface area contributed by atoms with E-state index in [1.807, 2.05) is 18.3 Å². The Kier molecular flexibility index (Phi) is 11.6. The Bertz CT molecular complexity index is 2880. The van der Waals surface area contributed by atoms with E-state index in [0.717, 1.165) is 62.2 Å². The molecule has 0 aliphatic carbocycles. The van der Waals surface area contributed by atoms with Crippen LogP contribution in [0.15, 0.2) is 170 Å². The fourth-order valence-electron chi connectivity index (χ4n) is 8.23. The van der Waals surface area contributed by atoms with Gasteiger partial charge in [-0.25, -0.2) is 0 Å². The molecule has 0 bridgehead atoms. The summed E-state index contributed by atoms with van der Waals surface area (Å²) in [6.45, 7) is 15.7. The molecule has 1 aromatic heterocycles. The molecule has 3 heterocycles. The first-order chi connectivity index (χ1) is 30.0. The Morgan fingerprint density at radius 2 is 1.17 bits per heavy atom. The Labute approximate surface area is 396 Å². The first kappa shape index (κ1) is 42.7. The molecule has 8 aromatic rings. The van der Waals surface area contributed by atoms with Crippen LogP contribution < -0.4 is 26.7 Å². The Hall–Kier alpha value is -5.63. The first-order valence-electron chi connectivity index (χ1n) is 21.1. The van der Waals surface area contributed by atoms with Crippen molar-refractivity contribution in [1.82, 2.24) is 4.98 Å². The maximum Gasteiger partial charge on any atom is 0 e. The number of rotatable bonds is 7. The van der Waals surface area contributed by atoms with E-state index in [-0.39, 0.29) is 31.9 Å². The van der Waals surface area contributed by atoms with Crippen LogP contribution in [-0.4, -0.2) is 25.9 Å². The minimum Gasteiger partial charge on any atom is 0 e. The van der Waals surface area contributed by atoms with Crippen molar-refractivity contribution in [3.05, 3.63) is 200 Å². The maximum atomic E-state index is 6.73. The molecule has 5 nitrogen and oxygen atoms in total. The van der Waals surface area contributed by atoms with Crippen LogP contribution in [0, 0.1) is 18.8 Å². The van der Waals surface area contributed by atoms with Crippen molar-refractivity contribution in [3.63, 3.8) is 0 Å². The van der Waals surface area contributed by atoms with E-state index in [9.17, 15) is 0 Å². The average molecular weight is 1110 g/mol.